The molecule has 32 heavy (non-hydrogen) atoms. The molecule has 3 N–H and O–H groups in total. The van der Waals surface area contributed by atoms with Gasteiger partial charge in [-0.25, -0.2) is 8.42 Å². The van der Waals surface area contributed by atoms with E-state index < -0.39 is 10.0 Å². The molecule has 0 unspecified atom stereocenters. The van der Waals surface area contributed by atoms with E-state index in [0.717, 1.165) is 0 Å². The lowest BCUT2D eigenvalue weighted by Gasteiger charge is -2.11. The first-order chi connectivity index (χ1) is 15.3. The van der Waals surface area contributed by atoms with Gasteiger partial charge < -0.3 is 15.1 Å². The highest BCUT2D eigenvalue weighted by Crippen LogP contribution is 2.25. The van der Waals surface area contributed by atoms with E-state index in [1.54, 1.807) is 42.5 Å². The number of furan rings is 1. The number of halogens is 1. The van der Waals surface area contributed by atoms with E-state index in [4.69, 9.17) is 16.0 Å². The van der Waals surface area contributed by atoms with Crippen LogP contribution in [-0.2, 0) is 19.6 Å². The van der Waals surface area contributed by atoms with Crippen LogP contribution in [0.5, 0.6) is 0 Å². The third-order valence-electron chi connectivity index (χ3n) is 4.14. The van der Waals surface area contributed by atoms with Gasteiger partial charge in [-0.1, -0.05) is 29.8 Å². The highest BCUT2D eigenvalue weighted by molar-refractivity contribution is 7.92. The van der Waals surface area contributed by atoms with Gasteiger partial charge in [-0.05, 0) is 48.5 Å². The molecule has 8 nitrogen and oxygen atoms in total. The lowest BCUT2D eigenvalue weighted by Crippen LogP contribution is -2.26. The molecule has 10 heteroatoms. The molecule has 0 saturated carbocycles. The summed E-state index contributed by atoms with van der Waals surface area (Å²) in [4.78, 5) is 23.9. The van der Waals surface area contributed by atoms with Crippen molar-refractivity contribution in [3.63, 3.8) is 0 Å². The van der Waals surface area contributed by atoms with Crippen molar-refractivity contribution >= 4 is 50.9 Å². The molecule has 3 rings (SSSR count). The minimum absolute atomic E-state index is 0.00911. The maximum absolute atomic E-state index is 12.6. The fourth-order valence-corrected chi connectivity index (χ4v) is 3.98. The Morgan fingerprint density at radius 2 is 1.84 bits per heavy atom. The van der Waals surface area contributed by atoms with Crippen LogP contribution < -0.4 is 15.4 Å². The number of hydrogen-bond donors (Lipinski definition) is 3. The SMILES string of the molecule is O=C(/C=C/c1ccco1)NCCC(=O)Nc1cccc(S(=O)(=O)Nc2ccccc2Cl)c1. The van der Waals surface area contributed by atoms with Crippen LogP contribution in [0.15, 0.2) is 82.3 Å². The summed E-state index contributed by atoms with van der Waals surface area (Å²) in [7, 11) is -3.91. The fourth-order valence-electron chi connectivity index (χ4n) is 2.61. The first-order valence-corrected chi connectivity index (χ1v) is 11.4. The zero-order valence-corrected chi connectivity index (χ0v) is 18.3. The molecule has 166 valence electrons. The monoisotopic (exact) mass is 473 g/mol. The Kier molecular flexibility index (Phi) is 7.69. The molecule has 0 aliphatic carbocycles. The van der Waals surface area contributed by atoms with E-state index in [1.165, 1.54) is 36.6 Å². The summed E-state index contributed by atoms with van der Waals surface area (Å²) in [6.07, 6.45) is 4.32. The second kappa shape index (κ2) is 10.7. The molecule has 0 saturated heterocycles. The van der Waals surface area contributed by atoms with Crippen molar-refractivity contribution in [3.05, 3.63) is 83.8 Å². The predicted molar refractivity (Wildman–Crippen MR) is 123 cm³/mol. The standard InChI is InChI=1S/C22H20ClN3O5S/c23-19-8-1-2-9-20(19)26-32(29,30)18-7-3-5-16(15-18)25-22(28)12-13-24-21(27)11-10-17-6-4-14-31-17/h1-11,14-15,26H,12-13H2,(H,24,27)(H,25,28)/b11-10+. The number of carbonyl (C=O) groups excluding carboxylic acids is 2. The molecule has 2 aromatic carbocycles. The van der Waals surface area contributed by atoms with E-state index in [-0.39, 0.29) is 40.4 Å². The molecule has 0 bridgehead atoms. The van der Waals surface area contributed by atoms with Crippen LogP contribution in [-0.4, -0.2) is 26.8 Å². The van der Waals surface area contributed by atoms with Crippen molar-refractivity contribution in [3.8, 4) is 0 Å². The number of carbonyl (C=O) groups is 2. The molecule has 0 radical (unpaired) electrons. The summed E-state index contributed by atoms with van der Waals surface area (Å²) >= 11 is 6.01. The van der Waals surface area contributed by atoms with Crippen molar-refractivity contribution in [1.29, 1.82) is 0 Å². The first kappa shape index (κ1) is 23.1. The molecule has 1 aromatic heterocycles. The van der Waals surface area contributed by atoms with E-state index in [1.807, 2.05) is 0 Å². The van der Waals surface area contributed by atoms with E-state index >= 15 is 0 Å². The quantitative estimate of drug-likeness (QED) is 0.407. The van der Waals surface area contributed by atoms with Gasteiger partial charge in [-0.3, -0.25) is 14.3 Å². The largest absolute Gasteiger partial charge is 0.465 e. The van der Waals surface area contributed by atoms with Gasteiger partial charge in [0.1, 0.15) is 5.76 Å². The number of hydrogen-bond acceptors (Lipinski definition) is 5. The summed E-state index contributed by atoms with van der Waals surface area (Å²) in [5.41, 5.74) is 0.557. The van der Waals surface area contributed by atoms with Gasteiger partial charge in [-0.2, -0.15) is 0 Å². The van der Waals surface area contributed by atoms with Crippen LogP contribution in [0.25, 0.3) is 6.08 Å². The number of rotatable bonds is 9. The zero-order chi connectivity index (χ0) is 23.0. The first-order valence-electron chi connectivity index (χ1n) is 9.50. The minimum atomic E-state index is -3.91. The van der Waals surface area contributed by atoms with Crippen molar-refractivity contribution in [2.45, 2.75) is 11.3 Å². The van der Waals surface area contributed by atoms with Gasteiger partial charge in [-0.15, -0.1) is 0 Å². The highest BCUT2D eigenvalue weighted by atomic mass is 35.5. The van der Waals surface area contributed by atoms with Crippen LogP contribution in [0.2, 0.25) is 5.02 Å². The Morgan fingerprint density at radius 3 is 2.59 bits per heavy atom. The normalized spacial score (nSPS) is 11.3. The number of amides is 2. The Balaban J connectivity index is 1.53. The second-order valence-electron chi connectivity index (χ2n) is 6.55. The molecule has 1 heterocycles. The van der Waals surface area contributed by atoms with Gasteiger partial charge in [0.15, 0.2) is 0 Å². The molecule has 3 aromatic rings. The minimum Gasteiger partial charge on any atom is -0.465 e. The summed E-state index contributed by atoms with van der Waals surface area (Å²) in [6.45, 7) is 0.110. The third kappa shape index (κ3) is 6.73. The second-order valence-corrected chi connectivity index (χ2v) is 8.64. The number of anilines is 2. The average Bonchev–Trinajstić information content (AvgIpc) is 3.28. The molecular weight excluding hydrogens is 454 g/mol. The van der Waals surface area contributed by atoms with Crippen LogP contribution in [0, 0.1) is 0 Å². The van der Waals surface area contributed by atoms with Crippen LogP contribution in [0.3, 0.4) is 0 Å². The van der Waals surface area contributed by atoms with Gasteiger partial charge in [0.25, 0.3) is 10.0 Å². The van der Waals surface area contributed by atoms with Crippen molar-refractivity contribution < 1.29 is 22.4 Å². The van der Waals surface area contributed by atoms with Gasteiger partial charge in [0.05, 0.1) is 21.9 Å². The lowest BCUT2D eigenvalue weighted by atomic mass is 10.3. The Bertz CT molecular complexity index is 1220. The zero-order valence-electron chi connectivity index (χ0n) is 16.7. The lowest BCUT2D eigenvalue weighted by molar-refractivity contribution is -0.117. The molecule has 0 aliphatic rings. The third-order valence-corrected chi connectivity index (χ3v) is 5.83. The maximum atomic E-state index is 12.6. The number of sulfonamides is 1. The molecule has 0 spiro atoms. The van der Waals surface area contributed by atoms with Crippen LogP contribution in [0.4, 0.5) is 11.4 Å². The maximum Gasteiger partial charge on any atom is 0.262 e. The van der Waals surface area contributed by atoms with Gasteiger partial charge in [0, 0.05) is 24.7 Å². The van der Waals surface area contributed by atoms with Crippen molar-refractivity contribution in [2.24, 2.45) is 0 Å². The van der Waals surface area contributed by atoms with Gasteiger partial charge >= 0.3 is 0 Å². The highest BCUT2D eigenvalue weighted by Gasteiger charge is 2.16. The van der Waals surface area contributed by atoms with Crippen molar-refractivity contribution in [2.75, 3.05) is 16.6 Å². The summed E-state index contributed by atoms with van der Waals surface area (Å²) in [6, 6.07) is 15.7. The summed E-state index contributed by atoms with van der Waals surface area (Å²) in [5, 5.41) is 5.46. The topological polar surface area (TPSA) is 118 Å². The Labute approximate surface area is 190 Å². The molecule has 2 amide bonds. The van der Waals surface area contributed by atoms with E-state index in [9.17, 15) is 18.0 Å². The Morgan fingerprint density at radius 1 is 1.03 bits per heavy atom. The predicted octanol–water partition coefficient (Wildman–Crippen LogP) is 3.89. The molecule has 0 aliphatic heterocycles. The molecular formula is C22H20ClN3O5S. The number of benzene rings is 2. The fraction of sp³-hybridized carbons (Fsp3) is 0.0909. The summed E-state index contributed by atoms with van der Waals surface area (Å²) < 4.78 is 32.8. The van der Waals surface area contributed by atoms with E-state index in [2.05, 4.69) is 15.4 Å². The smallest absolute Gasteiger partial charge is 0.262 e. The van der Waals surface area contributed by atoms with E-state index in [0.29, 0.717) is 11.4 Å². The average molecular weight is 474 g/mol. The van der Waals surface area contributed by atoms with Gasteiger partial charge in [0.2, 0.25) is 11.8 Å². The molecule has 0 atom stereocenters. The van der Waals surface area contributed by atoms with Crippen LogP contribution >= 0.6 is 11.6 Å². The van der Waals surface area contributed by atoms with Crippen LogP contribution in [0.1, 0.15) is 12.2 Å². The number of para-hydroxylation sites is 1. The summed E-state index contributed by atoms with van der Waals surface area (Å²) in [5.74, 6) is -0.210. The Hall–Kier alpha value is -3.56. The van der Waals surface area contributed by atoms with Crippen molar-refractivity contribution in [1.82, 2.24) is 5.32 Å². The number of nitrogens with one attached hydrogen (secondary N) is 3. The molecule has 0 fully saturated rings.